The molecule has 2 aliphatic rings. The Labute approximate surface area is 175 Å². The molecule has 2 heterocycles. The molecule has 1 aromatic rings. The second-order valence-electron chi connectivity index (χ2n) is 6.79. The Hall–Kier alpha value is -2.61. The molecule has 0 radical (unpaired) electrons. The third-order valence-corrected chi connectivity index (χ3v) is 5.68. The van der Waals surface area contributed by atoms with E-state index in [0.717, 1.165) is 23.4 Å². The van der Waals surface area contributed by atoms with E-state index >= 15 is 0 Å². The maximum absolute atomic E-state index is 12.5. The lowest BCUT2D eigenvalue weighted by Gasteiger charge is -2.20. The number of carbonyl (C=O) groups is 1. The molecular formula is C21H26N4O3S. The van der Waals surface area contributed by atoms with Gasteiger partial charge in [-0.25, -0.2) is 0 Å². The summed E-state index contributed by atoms with van der Waals surface area (Å²) in [4.78, 5) is 16.7. The van der Waals surface area contributed by atoms with Crippen molar-refractivity contribution in [2.75, 3.05) is 14.2 Å². The lowest BCUT2D eigenvalue weighted by atomic mass is 10.1. The zero-order valence-corrected chi connectivity index (χ0v) is 17.8. The molecule has 154 valence electrons. The molecule has 7 nitrogen and oxygen atoms in total. The highest BCUT2D eigenvalue weighted by molar-refractivity contribution is 8.26. The van der Waals surface area contributed by atoms with Gasteiger partial charge in [0.05, 0.1) is 19.8 Å². The van der Waals surface area contributed by atoms with Crippen LogP contribution in [0.4, 0.5) is 0 Å². The number of nitrogens with one attached hydrogen (secondary N) is 1. The van der Waals surface area contributed by atoms with Gasteiger partial charge >= 0.3 is 0 Å². The van der Waals surface area contributed by atoms with E-state index in [1.165, 1.54) is 42.5 Å². The number of amides is 1. The Kier molecular flexibility index (Phi) is 7.09. The van der Waals surface area contributed by atoms with Gasteiger partial charge in [0.1, 0.15) is 5.04 Å². The molecule has 1 amide bonds. The van der Waals surface area contributed by atoms with Crippen LogP contribution in [0.3, 0.4) is 0 Å². The van der Waals surface area contributed by atoms with Crippen LogP contribution in [0.1, 0.15) is 51.0 Å². The number of ether oxygens (including phenoxy) is 2. The standard InChI is InChI=1S/C21H26N4O3S/c1-4-5-6-7-8-9-18-24-25-19(22)15(20(26)23-21(25)29-18)12-14-10-11-16(27-2)17(13-14)28-3/h10-13,22H,4-9H2,1-3H3. The molecule has 8 heteroatoms. The number of thioether (sulfide) groups is 1. The molecule has 0 aliphatic carbocycles. The number of hydrazone groups is 1. The molecule has 1 aromatic carbocycles. The fourth-order valence-electron chi connectivity index (χ4n) is 3.12. The molecule has 0 atom stereocenters. The number of hydrogen-bond donors (Lipinski definition) is 1. The Balaban J connectivity index is 1.75. The number of nitrogens with zero attached hydrogens (tertiary/aromatic N) is 3. The van der Waals surface area contributed by atoms with E-state index in [-0.39, 0.29) is 11.4 Å². The molecule has 3 rings (SSSR count). The monoisotopic (exact) mass is 414 g/mol. The third kappa shape index (κ3) is 4.87. The zero-order valence-electron chi connectivity index (χ0n) is 17.0. The van der Waals surface area contributed by atoms with Crippen LogP contribution in [0, 0.1) is 5.41 Å². The summed E-state index contributed by atoms with van der Waals surface area (Å²) >= 11 is 1.39. The van der Waals surface area contributed by atoms with Crippen molar-refractivity contribution < 1.29 is 14.3 Å². The first-order valence-electron chi connectivity index (χ1n) is 9.78. The van der Waals surface area contributed by atoms with Crippen molar-refractivity contribution in [3.8, 4) is 11.5 Å². The number of methoxy groups -OCH3 is 2. The average Bonchev–Trinajstić information content (AvgIpc) is 3.13. The number of benzene rings is 1. The van der Waals surface area contributed by atoms with Gasteiger partial charge in [-0.05, 0) is 48.4 Å². The Morgan fingerprint density at radius 2 is 1.90 bits per heavy atom. The van der Waals surface area contributed by atoms with Crippen molar-refractivity contribution in [3.63, 3.8) is 0 Å². The summed E-state index contributed by atoms with van der Waals surface area (Å²) in [6, 6.07) is 5.32. The van der Waals surface area contributed by atoms with Crippen molar-refractivity contribution in [2.24, 2.45) is 10.1 Å². The molecule has 0 fully saturated rings. The normalized spacial score (nSPS) is 17.3. The number of carbonyl (C=O) groups excluding carboxylic acids is 1. The highest BCUT2D eigenvalue weighted by atomic mass is 32.2. The first kappa shape index (κ1) is 21.1. The van der Waals surface area contributed by atoms with Gasteiger partial charge in [0.2, 0.25) is 5.17 Å². The van der Waals surface area contributed by atoms with Gasteiger partial charge in [-0.15, -0.1) is 0 Å². The lowest BCUT2D eigenvalue weighted by molar-refractivity contribution is -0.114. The summed E-state index contributed by atoms with van der Waals surface area (Å²) < 4.78 is 10.5. The van der Waals surface area contributed by atoms with E-state index in [4.69, 9.17) is 14.9 Å². The van der Waals surface area contributed by atoms with Crippen molar-refractivity contribution >= 4 is 39.8 Å². The topological polar surface area (TPSA) is 87.3 Å². The molecule has 2 aliphatic heterocycles. The number of unbranched alkanes of at least 4 members (excludes halogenated alkanes) is 4. The van der Waals surface area contributed by atoms with Gasteiger partial charge in [0.15, 0.2) is 17.3 Å². The Bertz CT molecular complexity index is 892. The van der Waals surface area contributed by atoms with Crippen molar-refractivity contribution in [1.29, 1.82) is 5.41 Å². The van der Waals surface area contributed by atoms with Crippen LogP contribution in [-0.4, -0.2) is 41.2 Å². The van der Waals surface area contributed by atoms with Crippen LogP contribution in [-0.2, 0) is 4.79 Å². The van der Waals surface area contributed by atoms with Crippen LogP contribution in [0.5, 0.6) is 11.5 Å². The predicted octanol–water partition coefficient (Wildman–Crippen LogP) is 4.68. The zero-order chi connectivity index (χ0) is 20.8. The molecule has 0 saturated heterocycles. The number of amidine groups is 2. The largest absolute Gasteiger partial charge is 0.493 e. The molecular weight excluding hydrogens is 388 g/mol. The SMILES string of the molecule is CCCCCCCC1=NN2C(=N)C(=Cc3ccc(OC)c(OC)c3)C(=O)N=C2S1. The van der Waals surface area contributed by atoms with Gasteiger partial charge < -0.3 is 9.47 Å². The van der Waals surface area contributed by atoms with Crippen molar-refractivity contribution in [3.05, 3.63) is 29.3 Å². The molecule has 29 heavy (non-hydrogen) atoms. The summed E-state index contributed by atoms with van der Waals surface area (Å²) in [5.41, 5.74) is 0.927. The van der Waals surface area contributed by atoms with Gasteiger partial charge in [-0.1, -0.05) is 38.7 Å². The maximum atomic E-state index is 12.5. The summed E-state index contributed by atoms with van der Waals surface area (Å²) in [7, 11) is 3.12. The fourth-order valence-corrected chi connectivity index (χ4v) is 4.05. The molecule has 0 bridgehead atoms. The quantitative estimate of drug-likeness (QED) is 0.468. The Morgan fingerprint density at radius 3 is 2.62 bits per heavy atom. The highest BCUT2D eigenvalue weighted by Crippen LogP contribution is 2.32. The van der Waals surface area contributed by atoms with Crippen LogP contribution in [0.2, 0.25) is 0 Å². The van der Waals surface area contributed by atoms with Crippen LogP contribution < -0.4 is 9.47 Å². The number of hydrogen-bond acceptors (Lipinski definition) is 6. The Morgan fingerprint density at radius 1 is 1.14 bits per heavy atom. The molecule has 1 N–H and O–H groups in total. The van der Waals surface area contributed by atoms with E-state index in [1.54, 1.807) is 38.5 Å². The van der Waals surface area contributed by atoms with Gasteiger partial charge in [-0.2, -0.15) is 15.1 Å². The third-order valence-electron chi connectivity index (χ3n) is 4.71. The molecule has 0 saturated carbocycles. The summed E-state index contributed by atoms with van der Waals surface area (Å²) in [5.74, 6) is 0.774. The number of rotatable bonds is 9. The van der Waals surface area contributed by atoms with E-state index in [9.17, 15) is 4.79 Å². The second kappa shape index (κ2) is 9.73. The minimum atomic E-state index is -0.428. The van der Waals surface area contributed by atoms with E-state index in [1.807, 2.05) is 0 Å². The smallest absolute Gasteiger partial charge is 0.283 e. The van der Waals surface area contributed by atoms with Gasteiger partial charge in [-0.3, -0.25) is 10.2 Å². The van der Waals surface area contributed by atoms with Crippen molar-refractivity contribution in [1.82, 2.24) is 5.01 Å². The minimum Gasteiger partial charge on any atom is -0.493 e. The number of fused-ring (bicyclic) bond motifs is 1. The van der Waals surface area contributed by atoms with Crippen LogP contribution in [0.25, 0.3) is 6.08 Å². The van der Waals surface area contributed by atoms with Gasteiger partial charge in [0.25, 0.3) is 5.91 Å². The average molecular weight is 415 g/mol. The minimum absolute atomic E-state index is 0.0447. The van der Waals surface area contributed by atoms with E-state index in [2.05, 4.69) is 17.0 Å². The van der Waals surface area contributed by atoms with Gasteiger partial charge in [0, 0.05) is 0 Å². The van der Waals surface area contributed by atoms with E-state index in [0.29, 0.717) is 16.7 Å². The molecule has 0 unspecified atom stereocenters. The van der Waals surface area contributed by atoms with E-state index < -0.39 is 5.91 Å². The fraction of sp³-hybridized carbons (Fsp3) is 0.429. The summed E-state index contributed by atoms with van der Waals surface area (Å²) in [5, 5.41) is 15.8. The summed E-state index contributed by atoms with van der Waals surface area (Å²) in [6.45, 7) is 2.20. The maximum Gasteiger partial charge on any atom is 0.283 e. The lowest BCUT2D eigenvalue weighted by Crippen LogP contribution is -2.35. The number of aliphatic imine (C=N–C) groups is 1. The molecule has 0 aromatic heterocycles. The summed E-state index contributed by atoms with van der Waals surface area (Å²) in [6.07, 6.45) is 8.40. The first-order valence-corrected chi connectivity index (χ1v) is 10.6. The molecule has 0 spiro atoms. The van der Waals surface area contributed by atoms with Crippen molar-refractivity contribution in [2.45, 2.75) is 45.4 Å². The predicted molar refractivity (Wildman–Crippen MR) is 118 cm³/mol. The highest BCUT2D eigenvalue weighted by Gasteiger charge is 2.35. The van der Waals surface area contributed by atoms with Crippen LogP contribution >= 0.6 is 11.8 Å². The first-order chi connectivity index (χ1) is 14.1. The van der Waals surface area contributed by atoms with Crippen LogP contribution in [0.15, 0.2) is 33.9 Å². The second-order valence-corrected chi connectivity index (χ2v) is 7.83.